The van der Waals surface area contributed by atoms with E-state index in [-0.39, 0.29) is 17.3 Å². The number of hydrogen-bond acceptors (Lipinski definition) is 2. The number of rotatable bonds is 3. The number of fused-ring (bicyclic) bond motifs is 1. The second-order valence-corrected chi connectivity index (χ2v) is 8.43. The molecule has 3 atom stereocenters. The van der Waals surface area contributed by atoms with Crippen LogP contribution in [0.4, 0.5) is 4.79 Å². The Morgan fingerprint density at radius 3 is 2.78 bits per heavy atom. The summed E-state index contributed by atoms with van der Waals surface area (Å²) < 4.78 is 12.2. The average Bonchev–Trinajstić information content (AvgIpc) is 2.61. The van der Waals surface area contributed by atoms with Crippen LogP contribution in [0.25, 0.3) is 0 Å². The molecule has 0 aromatic heterocycles. The predicted octanol–water partition coefficient (Wildman–Crippen LogP) is 2.83. The maximum atomic E-state index is 12.6. The fraction of sp³-hybridized carbons (Fsp3) is 0.611. The highest BCUT2D eigenvalue weighted by molar-refractivity contribution is 7.85. The highest BCUT2D eigenvalue weighted by atomic mass is 32.2. The highest BCUT2D eigenvalue weighted by Crippen LogP contribution is 2.24. The van der Waals surface area contributed by atoms with E-state index in [0.29, 0.717) is 12.3 Å². The number of urea groups is 1. The monoisotopic (exact) mass is 334 g/mol. The molecule has 23 heavy (non-hydrogen) atoms. The molecule has 1 aliphatic heterocycles. The molecule has 4 nitrogen and oxygen atoms in total. The van der Waals surface area contributed by atoms with E-state index in [2.05, 4.69) is 23.5 Å². The lowest BCUT2D eigenvalue weighted by Gasteiger charge is -2.35. The summed E-state index contributed by atoms with van der Waals surface area (Å²) in [5, 5.41) is 3.30. The lowest BCUT2D eigenvalue weighted by molar-refractivity contribution is 0.185. The van der Waals surface area contributed by atoms with Crippen LogP contribution >= 0.6 is 0 Å². The molecule has 1 saturated carbocycles. The summed E-state index contributed by atoms with van der Waals surface area (Å²) in [6, 6.07) is 8.40. The summed E-state index contributed by atoms with van der Waals surface area (Å²) in [4.78, 5) is 14.5. The van der Waals surface area contributed by atoms with Crippen LogP contribution in [-0.2, 0) is 23.8 Å². The highest BCUT2D eigenvalue weighted by Gasteiger charge is 2.31. The molecule has 0 unspecified atom stereocenters. The number of carbonyl (C=O) groups is 1. The predicted molar refractivity (Wildman–Crippen MR) is 93.8 cm³/mol. The molecular weight excluding hydrogens is 308 g/mol. The van der Waals surface area contributed by atoms with Crippen LogP contribution < -0.4 is 5.32 Å². The second-order valence-electron chi connectivity index (χ2n) is 6.49. The zero-order valence-electron chi connectivity index (χ0n) is 13.8. The molecule has 1 N–H and O–H groups in total. The van der Waals surface area contributed by atoms with E-state index in [1.165, 1.54) is 11.1 Å². The number of amides is 2. The molecule has 1 aliphatic carbocycles. The first kappa shape index (κ1) is 16.5. The molecule has 126 valence electrons. The second kappa shape index (κ2) is 7.47. The molecule has 1 aromatic carbocycles. The maximum absolute atomic E-state index is 12.6. The van der Waals surface area contributed by atoms with Crippen molar-refractivity contribution in [3.63, 3.8) is 0 Å². The van der Waals surface area contributed by atoms with Crippen molar-refractivity contribution in [1.82, 2.24) is 10.2 Å². The Balaban J connectivity index is 1.63. The molecule has 0 saturated heterocycles. The van der Waals surface area contributed by atoms with Gasteiger partial charge in [-0.15, -0.1) is 0 Å². The van der Waals surface area contributed by atoms with Crippen LogP contribution in [0.5, 0.6) is 0 Å². The van der Waals surface area contributed by atoms with E-state index in [0.717, 1.165) is 38.6 Å². The molecule has 1 heterocycles. The standard InChI is InChI=1S/C18H26N2O2S/c1-2-23(22)17-10-6-5-9-16(17)19-18(21)20-12-11-14-7-3-4-8-15(14)13-20/h3-4,7-8,16-17H,2,5-6,9-13H2,1H3,(H,19,21)/t16-,17+,23+/m1/s1. The first-order valence-electron chi connectivity index (χ1n) is 8.68. The zero-order chi connectivity index (χ0) is 16.2. The first-order chi connectivity index (χ1) is 11.2. The summed E-state index contributed by atoms with van der Waals surface area (Å²) in [7, 11) is -0.834. The summed E-state index contributed by atoms with van der Waals surface area (Å²) in [5.41, 5.74) is 2.59. The topological polar surface area (TPSA) is 49.4 Å². The Kier molecular flexibility index (Phi) is 5.36. The number of hydrogen-bond donors (Lipinski definition) is 1. The van der Waals surface area contributed by atoms with Gasteiger partial charge in [0.2, 0.25) is 0 Å². The lowest BCUT2D eigenvalue weighted by Crippen LogP contribution is -2.52. The number of nitrogens with one attached hydrogen (secondary N) is 1. The van der Waals surface area contributed by atoms with E-state index in [4.69, 9.17) is 0 Å². The van der Waals surface area contributed by atoms with Crippen molar-refractivity contribution in [2.45, 2.75) is 56.9 Å². The van der Waals surface area contributed by atoms with Gasteiger partial charge in [-0.25, -0.2) is 4.79 Å². The largest absolute Gasteiger partial charge is 0.334 e. The van der Waals surface area contributed by atoms with Crippen LogP contribution in [0.2, 0.25) is 0 Å². The van der Waals surface area contributed by atoms with E-state index in [1.54, 1.807) is 0 Å². The molecule has 2 aliphatic rings. The van der Waals surface area contributed by atoms with Crippen molar-refractivity contribution < 1.29 is 9.00 Å². The Morgan fingerprint density at radius 2 is 2.00 bits per heavy atom. The fourth-order valence-corrected chi connectivity index (χ4v) is 5.14. The van der Waals surface area contributed by atoms with Crippen LogP contribution in [0.1, 0.15) is 43.7 Å². The number of benzene rings is 1. The van der Waals surface area contributed by atoms with Crippen molar-refractivity contribution >= 4 is 16.8 Å². The third-order valence-electron chi connectivity index (χ3n) is 5.05. The number of carbonyl (C=O) groups excluding carboxylic acids is 1. The molecule has 1 fully saturated rings. The van der Waals surface area contributed by atoms with E-state index in [9.17, 15) is 9.00 Å². The first-order valence-corrected chi connectivity index (χ1v) is 10.1. The Bertz CT molecular complexity index is 590. The van der Waals surface area contributed by atoms with Gasteiger partial charge in [-0.2, -0.15) is 0 Å². The molecule has 0 spiro atoms. The van der Waals surface area contributed by atoms with Crippen LogP contribution in [0.15, 0.2) is 24.3 Å². The Labute approximate surface area is 141 Å². The molecule has 0 radical (unpaired) electrons. The summed E-state index contributed by atoms with van der Waals surface area (Å²) in [5.74, 6) is 0.675. The molecule has 0 bridgehead atoms. The quantitative estimate of drug-likeness (QED) is 0.924. The van der Waals surface area contributed by atoms with Crippen LogP contribution in [0, 0.1) is 0 Å². The molecule has 1 aromatic rings. The van der Waals surface area contributed by atoms with Crippen molar-refractivity contribution in [1.29, 1.82) is 0 Å². The average molecular weight is 334 g/mol. The van der Waals surface area contributed by atoms with Gasteiger partial charge in [0, 0.05) is 35.7 Å². The van der Waals surface area contributed by atoms with Gasteiger partial charge < -0.3 is 10.2 Å². The smallest absolute Gasteiger partial charge is 0.317 e. The summed E-state index contributed by atoms with van der Waals surface area (Å²) in [6.07, 6.45) is 5.07. The normalized spacial score (nSPS) is 25.5. The molecule has 2 amide bonds. The van der Waals surface area contributed by atoms with Gasteiger partial charge in [0.25, 0.3) is 0 Å². The van der Waals surface area contributed by atoms with Gasteiger partial charge in [0.1, 0.15) is 0 Å². The minimum atomic E-state index is -0.834. The van der Waals surface area contributed by atoms with Crippen molar-refractivity contribution in [3.8, 4) is 0 Å². The fourth-order valence-electron chi connectivity index (χ4n) is 3.71. The van der Waals surface area contributed by atoms with E-state index in [1.807, 2.05) is 17.9 Å². The van der Waals surface area contributed by atoms with Gasteiger partial charge in [-0.3, -0.25) is 4.21 Å². The van der Waals surface area contributed by atoms with Gasteiger partial charge in [-0.1, -0.05) is 44.0 Å². The van der Waals surface area contributed by atoms with Crippen LogP contribution in [-0.4, -0.2) is 38.7 Å². The van der Waals surface area contributed by atoms with Gasteiger partial charge in [-0.05, 0) is 30.4 Å². The Hall–Kier alpha value is -1.36. The molecule has 5 heteroatoms. The zero-order valence-corrected chi connectivity index (χ0v) is 14.6. The van der Waals surface area contributed by atoms with E-state index < -0.39 is 10.8 Å². The Morgan fingerprint density at radius 1 is 1.26 bits per heavy atom. The van der Waals surface area contributed by atoms with Crippen molar-refractivity contribution in [2.24, 2.45) is 0 Å². The van der Waals surface area contributed by atoms with E-state index >= 15 is 0 Å². The minimum absolute atomic E-state index is 0.00417. The minimum Gasteiger partial charge on any atom is -0.334 e. The van der Waals surface area contributed by atoms with Gasteiger partial charge >= 0.3 is 6.03 Å². The molecular formula is C18H26N2O2S. The van der Waals surface area contributed by atoms with Crippen LogP contribution in [0.3, 0.4) is 0 Å². The summed E-state index contributed by atoms with van der Waals surface area (Å²) in [6.45, 7) is 3.40. The lowest BCUT2D eigenvalue weighted by atomic mass is 9.95. The third-order valence-corrected chi connectivity index (χ3v) is 6.86. The number of nitrogens with zero attached hydrogens (tertiary/aromatic N) is 1. The van der Waals surface area contributed by atoms with Crippen molar-refractivity contribution in [2.75, 3.05) is 12.3 Å². The molecule has 3 rings (SSSR count). The SMILES string of the molecule is CC[S@](=O)[C@H]1CCCC[C@H]1NC(=O)N1CCc2ccccc2C1. The van der Waals surface area contributed by atoms with Crippen molar-refractivity contribution in [3.05, 3.63) is 35.4 Å². The maximum Gasteiger partial charge on any atom is 0.317 e. The van der Waals surface area contributed by atoms with Gasteiger partial charge in [0.15, 0.2) is 0 Å². The summed E-state index contributed by atoms with van der Waals surface area (Å²) >= 11 is 0. The van der Waals surface area contributed by atoms with Gasteiger partial charge in [0.05, 0.1) is 5.25 Å². The third kappa shape index (κ3) is 3.77.